The van der Waals surface area contributed by atoms with Crippen molar-refractivity contribution in [2.24, 2.45) is 5.10 Å². The summed E-state index contributed by atoms with van der Waals surface area (Å²) >= 11 is 5.90. The van der Waals surface area contributed by atoms with E-state index in [0.29, 0.717) is 23.1 Å². The van der Waals surface area contributed by atoms with Crippen LogP contribution < -0.4 is 14.5 Å². The summed E-state index contributed by atoms with van der Waals surface area (Å²) in [5.41, 5.74) is 5.30. The first-order valence-electron chi connectivity index (χ1n) is 11.8. The third-order valence-corrected chi connectivity index (χ3v) is 7.63. The Bertz CT molecular complexity index is 1510. The summed E-state index contributed by atoms with van der Waals surface area (Å²) < 4.78 is 33.7. The zero-order valence-corrected chi connectivity index (χ0v) is 22.2. The average Bonchev–Trinajstić information content (AvgIpc) is 2.93. The van der Waals surface area contributed by atoms with Crippen LogP contribution in [0.5, 0.6) is 5.75 Å². The van der Waals surface area contributed by atoms with Crippen molar-refractivity contribution >= 4 is 39.4 Å². The number of rotatable bonds is 10. The maximum absolute atomic E-state index is 13.4. The van der Waals surface area contributed by atoms with E-state index in [2.05, 4.69) is 10.5 Å². The number of amides is 1. The van der Waals surface area contributed by atoms with Crippen LogP contribution in [0.4, 0.5) is 5.69 Å². The predicted molar refractivity (Wildman–Crippen MR) is 150 cm³/mol. The number of hydrazone groups is 1. The highest BCUT2D eigenvalue weighted by molar-refractivity contribution is 7.92. The van der Waals surface area contributed by atoms with Crippen LogP contribution in [-0.2, 0) is 21.4 Å². The Balaban J connectivity index is 1.39. The highest BCUT2D eigenvalue weighted by Crippen LogP contribution is 2.26. The van der Waals surface area contributed by atoms with Crippen molar-refractivity contribution < 1.29 is 17.9 Å². The van der Waals surface area contributed by atoms with Gasteiger partial charge >= 0.3 is 0 Å². The summed E-state index contributed by atoms with van der Waals surface area (Å²) in [5.74, 6) is 0.105. The molecule has 0 fully saturated rings. The zero-order chi connectivity index (χ0) is 27.0. The number of para-hydroxylation sites is 1. The molecule has 0 radical (unpaired) electrons. The van der Waals surface area contributed by atoms with E-state index in [1.807, 2.05) is 30.3 Å². The molecule has 0 aliphatic heterocycles. The molecule has 7 nitrogen and oxygen atoms in total. The first-order chi connectivity index (χ1) is 18.3. The van der Waals surface area contributed by atoms with Crippen molar-refractivity contribution in [3.63, 3.8) is 0 Å². The number of carbonyl (C=O) groups excluding carboxylic acids is 1. The molecule has 0 atom stereocenters. The van der Waals surface area contributed by atoms with Gasteiger partial charge in [0.15, 0.2) is 0 Å². The number of halogens is 1. The number of carbonyl (C=O) groups is 1. The second kappa shape index (κ2) is 12.4. The first kappa shape index (κ1) is 26.9. The summed E-state index contributed by atoms with van der Waals surface area (Å²) in [6, 6.07) is 29.6. The largest absolute Gasteiger partial charge is 0.489 e. The molecular formula is C29H26ClN3O4S. The Kier molecular flexibility index (Phi) is 8.78. The second-order valence-electron chi connectivity index (χ2n) is 8.39. The molecule has 0 unspecified atom stereocenters. The second-order valence-corrected chi connectivity index (χ2v) is 10.7. The lowest BCUT2D eigenvalue weighted by atomic mass is 10.2. The van der Waals surface area contributed by atoms with E-state index in [-0.39, 0.29) is 4.90 Å². The predicted octanol–water partition coefficient (Wildman–Crippen LogP) is 5.57. The number of hydrogen-bond acceptors (Lipinski definition) is 5. The number of anilines is 1. The number of sulfonamides is 1. The van der Waals surface area contributed by atoms with Gasteiger partial charge < -0.3 is 4.74 Å². The quantitative estimate of drug-likeness (QED) is 0.207. The third kappa shape index (κ3) is 7.00. The van der Waals surface area contributed by atoms with Gasteiger partial charge in [-0.15, -0.1) is 0 Å². The molecule has 1 N–H and O–H groups in total. The van der Waals surface area contributed by atoms with Gasteiger partial charge in [-0.3, -0.25) is 9.10 Å². The van der Waals surface area contributed by atoms with Gasteiger partial charge in [0, 0.05) is 5.02 Å². The summed E-state index contributed by atoms with van der Waals surface area (Å²) in [6.07, 6.45) is 1.48. The van der Waals surface area contributed by atoms with Crippen LogP contribution in [-0.4, -0.2) is 27.1 Å². The maximum atomic E-state index is 13.4. The van der Waals surface area contributed by atoms with E-state index in [9.17, 15) is 13.2 Å². The molecule has 0 saturated carbocycles. The lowest BCUT2D eigenvalue weighted by Gasteiger charge is -2.25. The molecule has 0 bridgehead atoms. The topological polar surface area (TPSA) is 88.1 Å². The van der Waals surface area contributed by atoms with E-state index in [1.54, 1.807) is 67.6 Å². The number of benzene rings is 4. The van der Waals surface area contributed by atoms with E-state index >= 15 is 0 Å². The summed E-state index contributed by atoms with van der Waals surface area (Å²) in [5, 5.41) is 4.67. The SMILES string of the molecule is Cc1ccccc1N(CC(=O)N/N=C\c1ccc(OCc2ccc(Cl)cc2)cc1)S(=O)(=O)c1ccccc1. The average molecular weight is 548 g/mol. The molecule has 1 amide bonds. The lowest BCUT2D eigenvalue weighted by Crippen LogP contribution is -2.40. The van der Waals surface area contributed by atoms with Crippen LogP contribution in [0, 0.1) is 6.92 Å². The molecule has 4 rings (SSSR count). The highest BCUT2D eigenvalue weighted by atomic mass is 35.5. The molecule has 194 valence electrons. The summed E-state index contributed by atoms with van der Waals surface area (Å²) in [6.45, 7) is 1.77. The van der Waals surface area contributed by atoms with Crippen LogP contribution in [0.1, 0.15) is 16.7 Å². The molecule has 0 aliphatic carbocycles. The summed E-state index contributed by atoms with van der Waals surface area (Å²) in [4.78, 5) is 12.8. The Morgan fingerprint density at radius 3 is 2.26 bits per heavy atom. The molecule has 38 heavy (non-hydrogen) atoms. The Labute approximate surface area is 227 Å². The highest BCUT2D eigenvalue weighted by Gasteiger charge is 2.27. The van der Waals surface area contributed by atoms with Crippen LogP contribution in [0.15, 0.2) is 113 Å². The van der Waals surface area contributed by atoms with Gasteiger partial charge in [0.05, 0.1) is 16.8 Å². The number of ether oxygens (including phenoxy) is 1. The number of aryl methyl sites for hydroxylation is 1. The maximum Gasteiger partial charge on any atom is 0.264 e. The van der Waals surface area contributed by atoms with Crippen LogP contribution in [0.3, 0.4) is 0 Å². The molecule has 4 aromatic rings. The third-order valence-electron chi connectivity index (χ3n) is 5.60. The standard InChI is InChI=1S/C29H26ClN3O4S/c1-22-7-5-6-10-28(22)33(38(35,36)27-8-3-2-4-9-27)20-29(34)32-31-19-23-13-17-26(18-14-23)37-21-24-11-15-25(30)16-12-24/h2-19H,20-21H2,1H3,(H,32,34)/b31-19-. The molecule has 0 aliphatic rings. The fraction of sp³-hybridized carbons (Fsp3) is 0.103. The van der Waals surface area contributed by atoms with Gasteiger partial charge in [-0.2, -0.15) is 5.10 Å². The van der Waals surface area contributed by atoms with Gasteiger partial charge in [-0.25, -0.2) is 13.8 Å². The van der Waals surface area contributed by atoms with Crippen molar-refractivity contribution in [2.75, 3.05) is 10.8 Å². The van der Waals surface area contributed by atoms with Crippen molar-refractivity contribution in [2.45, 2.75) is 18.4 Å². The Hall–Kier alpha value is -4.14. The minimum Gasteiger partial charge on any atom is -0.489 e. The van der Waals surface area contributed by atoms with Crippen LogP contribution in [0.25, 0.3) is 0 Å². The fourth-order valence-electron chi connectivity index (χ4n) is 3.60. The molecule has 4 aromatic carbocycles. The van der Waals surface area contributed by atoms with E-state index in [0.717, 1.165) is 21.0 Å². The number of hydrogen-bond donors (Lipinski definition) is 1. The minimum atomic E-state index is -3.98. The zero-order valence-electron chi connectivity index (χ0n) is 20.6. The molecule has 0 heterocycles. The smallest absolute Gasteiger partial charge is 0.264 e. The first-order valence-corrected chi connectivity index (χ1v) is 13.6. The molecule has 0 aromatic heterocycles. The van der Waals surface area contributed by atoms with Gasteiger partial charge in [0.25, 0.3) is 15.9 Å². The van der Waals surface area contributed by atoms with E-state index in [1.165, 1.54) is 18.3 Å². The van der Waals surface area contributed by atoms with Gasteiger partial charge in [0.1, 0.15) is 18.9 Å². The Morgan fingerprint density at radius 1 is 0.921 bits per heavy atom. The van der Waals surface area contributed by atoms with Crippen LogP contribution >= 0.6 is 11.6 Å². The van der Waals surface area contributed by atoms with Gasteiger partial charge in [-0.05, 0) is 78.2 Å². The molecular weight excluding hydrogens is 522 g/mol. The van der Waals surface area contributed by atoms with Crippen molar-refractivity contribution in [1.29, 1.82) is 0 Å². The van der Waals surface area contributed by atoms with E-state index < -0.39 is 22.5 Å². The van der Waals surface area contributed by atoms with Crippen molar-refractivity contribution in [1.82, 2.24) is 5.43 Å². The Morgan fingerprint density at radius 2 is 1.58 bits per heavy atom. The monoisotopic (exact) mass is 547 g/mol. The normalized spacial score (nSPS) is 11.3. The van der Waals surface area contributed by atoms with E-state index in [4.69, 9.17) is 16.3 Å². The molecule has 0 spiro atoms. The van der Waals surface area contributed by atoms with Crippen molar-refractivity contribution in [3.8, 4) is 5.75 Å². The minimum absolute atomic E-state index is 0.0953. The number of nitrogens with one attached hydrogen (secondary N) is 1. The molecule has 0 saturated heterocycles. The number of nitrogens with zero attached hydrogens (tertiary/aromatic N) is 2. The lowest BCUT2D eigenvalue weighted by molar-refractivity contribution is -0.119. The fourth-order valence-corrected chi connectivity index (χ4v) is 5.24. The molecule has 9 heteroatoms. The van der Waals surface area contributed by atoms with Crippen molar-refractivity contribution in [3.05, 3.63) is 125 Å². The van der Waals surface area contributed by atoms with Gasteiger partial charge in [-0.1, -0.05) is 60.1 Å². The summed E-state index contributed by atoms with van der Waals surface area (Å²) in [7, 11) is -3.98. The van der Waals surface area contributed by atoms with Gasteiger partial charge in [0.2, 0.25) is 0 Å². The van der Waals surface area contributed by atoms with Crippen LogP contribution in [0.2, 0.25) is 5.02 Å².